The number of carboxylic acid groups (broad SMARTS) is 1. The molecule has 0 unspecified atom stereocenters. The van der Waals surface area contributed by atoms with E-state index in [1.165, 1.54) is 4.52 Å². The Morgan fingerprint density at radius 3 is 3.05 bits per heavy atom. The van der Waals surface area contributed by atoms with Crippen LogP contribution in [0.1, 0.15) is 17.3 Å². The first-order valence-electron chi connectivity index (χ1n) is 5.89. The Kier molecular flexibility index (Phi) is 2.63. The Balaban J connectivity index is 2.38. The molecule has 3 rings (SSSR count). The average molecular weight is 274 g/mol. The summed E-state index contributed by atoms with van der Waals surface area (Å²) >= 11 is 0. The highest BCUT2D eigenvalue weighted by molar-refractivity contribution is 5.94. The molecule has 3 aromatic rings. The lowest BCUT2D eigenvalue weighted by Gasteiger charge is -2.05. The van der Waals surface area contributed by atoms with Crippen LogP contribution in [-0.2, 0) is 0 Å². The molecule has 8 nitrogen and oxygen atoms in total. The molecule has 0 radical (unpaired) electrons. The summed E-state index contributed by atoms with van der Waals surface area (Å²) in [5, 5.41) is 28.6. The minimum atomic E-state index is -1.19. The number of carbonyl (C=O) groups is 1. The van der Waals surface area contributed by atoms with Crippen molar-refractivity contribution in [2.45, 2.75) is 6.92 Å². The summed E-state index contributed by atoms with van der Waals surface area (Å²) in [6.45, 7) is 2.33. The van der Waals surface area contributed by atoms with Gasteiger partial charge >= 0.3 is 5.97 Å². The molecule has 8 heteroatoms. The predicted molar refractivity (Wildman–Crippen MR) is 67.6 cm³/mol. The van der Waals surface area contributed by atoms with Crippen LogP contribution in [0, 0.1) is 5.21 Å². The zero-order valence-electron chi connectivity index (χ0n) is 10.5. The molecule has 2 heterocycles. The molecule has 0 saturated heterocycles. The van der Waals surface area contributed by atoms with Gasteiger partial charge in [-0.05, 0) is 17.8 Å². The topological polar surface area (TPSA) is 104 Å². The van der Waals surface area contributed by atoms with Gasteiger partial charge in [0.1, 0.15) is 16.8 Å². The molecule has 0 aliphatic carbocycles. The highest BCUT2D eigenvalue weighted by Gasteiger charge is 2.20. The summed E-state index contributed by atoms with van der Waals surface area (Å²) in [6, 6.07) is 4.83. The fourth-order valence-corrected chi connectivity index (χ4v) is 2.00. The van der Waals surface area contributed by atoms with Crippen molar-refractivity contribution < 1.29 is 19.5 Å². The van der Waals surface area contributed by atoms with Crippen molar-refractivity contribution in [3.63, 3.8) is 0 Å². The first-order valence-corrected chi connectivity index (χ1v) is 5.89. The van der Waals surface area contributed by atoms with Gasteiger partial charge in [0.05, 0.1) is 12.8 Å². The van der Waals surface area contributed by atoms with E-state index in [4.69, 9.17) is 9.84 Å². The van der Waals surface area contributed by atoms with E-state index in [0.717, 1.165) is 6.20 Å². The summed E-state index contributed by atoms with van der Waals surface area (Å²) in [5.74, 6) is -0.618. The maximum atomic E-state index is 11.9. The second-order valence-electron chi connectivity index (χ2n) is 4.06. The molecule has 0 spiro atoms. The zero-order chi connectivity index (χ0) is 14.3. The van der Waals surface area contributed by atoms with E-state index in [1.807, 2.05) is 6.92 Å². The Morgan fingerprint density at radius 1 is 1.55 bits per heavy atom. The quantitative estimate of drug-likeness (QED) is 0.554. The lowest BCUT2D eigenvalue weighted by Crippen LogP contribution is -2.33. The number of benzene rings is 1. The first kappa shape index (κ1) is 12.2. The van der Waals surface area contributed by atoms with Gasteiger partial charge in [-0.3, -0.25) is 0 Å². The average Bonchev–Trinajstić information content (AvgIpc) is 2.83. The van der Waals surface area contributed by atoms with Gasteiger partial charge in [0.15, 0.2) is 0 Å². The molecule has 0 aliphatic rings. The van der Waals surface area contributed by atoms with E-state index in [1.54, 1.807) is 18.2 Å². The van der Waals surface area contributed by atoms with Gasteiger partial charge < -0.3 is 15.1 Å². The maximum Gasteiger partial charge on any atom is 0.341 e. The summed E-state index contributed by atoms with van der Waals surface area (Å²) in [7, 11) is 0. The van der Waals surface area contributed by atoms with E-state index in [-0.39, 0.29) is 16.7 Å². The van der Waals surface area contributed by atoms with Crippen molar-refractivity contribution in [2.24, 2.45) is 0 Å². The SMILES string of the molecule is CCOc1ccc2c(c1)n1ncc(C(=O)O)c1n[n+]2[O-]. The van der Waals surface area contributed by atoms with E-state index < -0.39 is 5.97 Å². The van der Waals surface area contributed by atoms with Gasteiger partial charge in [0.25, 0.3) is 5.52 Å². The fourth-order valence-electron chi connectivity index (χ4n) is 2.00. The number of carboxylic acids is 1. The number of ether oxygens (including phenoxy) is 1. The van der Waals surface area contributed by atoms with Crippen molar-refractivity contribution >= 4 is 22.6 Å². The smallest absolute Gasteiger partial charge is 0.341 e. The van der Waals surface area contributed by atoms with Crippen LogP contribution in [0.5, 0.6) is 5.75 Å². The number of hydrogen-bond donors (Lipinski definition) is 1. The first-order chi connectivity index (χ1) is 9.61. The van der Waals surface area contributed by atoms with Crippen LogP contribution in [0.15, 0.2) is 24.4 Å². The summed E-state index contributed by atoms with van der Waals surface area (Å²) in [6.07, 6.45) is 1.16. The van der Waals surface area contributed by atoms with E-state index in [9.17, 15) is 10.0 Å². The molecule has 2 aromatic heterocycles. The van der Waals surface area contributed by atoms with Crippen LogP contribution in [-0.4, -0.2) is 32.4 Å². The third-order valence-corrected chi connectivity index (χ3v) is 2.85. The van der Waals surface area contributed by atoms with Crippen molar-refractivity contribution in [3.8, 4) is 5.75 Å². The molecule has 0 aliphatic heterocycles. The lowest BCUT2D eigenvalue weighted by molar-refractivity contribution is -0.640. The third-order valence-electron chi connectivity index (χ3n) is 2.85. The monoisotopic (exact) mass is 274 g/mol. The third kappa shape index (κ3) is 1.69. The summed E-state index contributed by atoms with van der Waals surface area (Å²) in [4.78, 5) is 11.4. The van der Waals surface area contributed by atoms with Gasteiger partial charge in [0, 0.05) is 17.2 Å². The molecule has 0 bridgehead atoms. The molecule has 0 amide bonds. The summed E-state index contributed by atoms with van der Waals surface area (Å²) in [5.41, 5.74) is 0.580. The molecular weight excluding hydrogens is 264 g/mol. The van der Waals surface area contributed by atoms with Crippen LogP contribution >= 0.6 is 0 Å². The Bertz CT molecular complexity index is 827. The number of aromatic carboxylic acids is 1. The molecule has 20 heavy (non-hydrogen) atoms. The Labute approximate surface area is 112 Å². The van der Waals surface area contributed by atoms with Crippen LogP contribution in [0.3, 0.4) is 0 Å². The molecule has 0 fully saturated rings. The second-order valence-corrected chi connectivity index (χ2v) is 4.06. The normalized spacial score (nSPS) is 11.1. The molecule has 102 valence electrons. The number of fused-ring (bicyclic) bond motifs is 3. The van der Waals surface area contributed by atoms with Gasteiger partial charge in [-0.25, -0.2) is 9.31 Å². The Hall–Kier alpha value is -2.90. The number of rotatable bonds is 3. The van der Waals surface area contributed by atoms with E-state index >= 15 is 0 Å². The molecular formula is C12H10N4O4. The van der Waals surface area contributed by atoms with Gasteiger partial charge in [-0.2, -0.15) is 5.10 Å². The molecule has 0 saturated carbocycles. The maximum absolute atomic E-state index is 11.9. The largest absolute Gasteiger partial charge is 0.594 e. The minimum Gasteiger partial charge on any atom is -0.594 e. The minimum absolute atomic E-state index is 0.00588. The van der Waals surface area contributed by atoms with Crippen LogP contribution < -0.4 is 9.58 Å². The van der Waals surface area contributed by atoms with Crippen LogP contribution in [0.2, 0.25) is 0 Å². The van der Waals surface area contributed by atoms with Crippen molar-refractivity contribution in [2.75, 3.05) is 6.61 Å². The number of hydrogen-bond acceptors (Lipinski definition) is 5. The van der Waals surface area contributed by atoms with Crippen molar-refractivity contribution in [1.82, 2.24) is 14.7 Å². The fraction of sp³-hybridized carbons (Fsp3) is 0.167. The highest BCUT2D eigenvalue weighted by Crippen LogP contribution is 2.20. The zero-order valence-corrected chi connectivity index (χ0v) is 10.5. The molecule has 1 N–H and O–H groups in total. The van der Waals surface area contributed by atoms with Crippen LogP contribution in [0.4, 0.5) is 0 Å². The van der Waals surface area contributed by atoms with Crippen molar-refractivity contribution in [1.29, 1.82) is 0 Å². The van der Waals surface area contributed by atoms with E-state index in [0.29, 0.717) is 22.7 Å². The van der Waals surface area contributed by atoms with Crippen LogP contribution in [0.25, 0.3) is 16.7 Å². The lowest BCUT2D eigenvalue weighted by atomic mass is 10.3. The van der Waals surface area contributed by atoms with Gasteiger partial charge in [-0.15, -0.1) is 0 Å². The van der Waals surface area contributed by atoms with Gasteiger partial charge in [-0.1, -0.05) is 0 Å². The summed E-state index contributed by atoms with van der Waals surface area (Å²) < 4.78 is 6.68. The molecule has 0 atom stereocenters. The highest BCUT2D eigenvalue weighted by atomic mass is 16.5. The number of nitrogens with zero attached hydrogens (tertiary/aromatic N) is 4. The van der Waals surface area contributed by atoms with Crippen molar-refractivity contribution in [3.05, 3.63) is 35.2 Å². The Morgan fingerprint density at radius 2 is 2.35 bits per heavy atom. The molecule has 1 aromatic carbocycles. The number of aromatic nitrogens is 4. The second kappa shape index (κ2) is 4.34. The predicted octanol–water partition coefficient (Wildman–Crippen LogP) is 0.613. The standard InChI is InChI=1S/C12H10N4O4/c1-2-20-7-3-4-9-10(5-7)15-11(14-16(9)19)8(6-13-15)12(17)18/h3-6H,2H2,1H3,(H,17,18). The van der Waals surface area contributed by atoms with E-state index in [2.05, 4.69) is 10.2 Å². The van der Waals surface area contributed by atoms with Gasteiger partial charge in [0.2, 0.25) is 5.65 Å².